The van der Waals surface area contributed by atoms with E-state index >= 15 is 0 Å². The molecule has 0 aliphatic rings. The van der Waals surface area contributed by atoms with Crippen LogP contribution in [0.3, 0.4) is 0 Å². The van der Waals surface area contributed by atoms with Gasteiger partial charge in [-0.2, -0.15) is 0 Å². The van der Waals surface area contributed by atoms with Crippen LogP contribution in [0.5, 0.6) is 0 Å². The Hall–Kier alpha value is -1.07. The monoisotopic (exact) mass is 298 g/mol. The minimum Gasteiger partial charge on any atom is -0.313 e. The van der Waals surface area contributed by atoms with Gasteiger partial charge in [0.05, 0.1) is 5.75 Å². The molecule has 0 unspecified atom stereocenters. The van der Waals surface area contributed by atoms with Crippen LogP contribution in [0.1, 0.15) is 39.2 Å². The Morgan fingerprint density at radius 2 is 1.80 bits per heavy atom. The van der Waals surface area contributed by atoms with E-state index in [1.165, 1.54) is 5.56 Å². The van der Waals surface area contributed by atoms with E-state index < -0.39 is 10.0 Å². The molecule has 0 aromatic heterocycles. The second kappa shape index (κ2) is 8.27. The van der Waals surface area contributed by atoms with Crippen molar-refractivity contribution in [3.05, 3.63) is 29.8 Å². The molecule has 1 aromatic rings. The zero-order valence-corrected chi connectivity index (χ0v) is 13.5. The Morgan fingerprint density at radius 3 is 2.35 bits per heavy atom. The van der Waals surface area contributed by atoms with Crippen molar-refractivity contribution >= 4 is 15.7 Å². The Labute approximate surface area is 123 Å². The summed E-state index contributed by atoms with van der Waals surface area (Å²) in [7, 11) is -3.27. The highest BCUT2D eigenvalue weighted by molar-refractivity contribution is 7.92. The predicted octanol–water partition coefficient (Wildman–Crippen LogP) is 2.77. The third-order valence-electron chi connectivity index (χ3n) is 2.97. The third-order valence-corrected chi connectivity index (χ3v) is 4.26. The summed E-state index contributed by atoms with van der Waals surface area (Å²) in [5, 5.41) is 3.10. The molecule has 1 rings (SSSR count). The Morgan fingerprint density at radius 1 is 1.15 bits per heavy atom. The molecule has 0 saturated heterocycles. The SMILES string of the molecule is CCCCc1ccc(NS(=O)(=O)CCNC(C)C)cc1. The summed E-state index contributed by atoms with van der Waals surface area (Å²) in [6.07, 6.45) is 3.37. The fourth-order valence-electron chi connectivity index (χ4n) is 1.83. The van der Waals surface area contributed by atoms with Crippen LogP contribution < -0.4 is 10.0 Å². The summed E-state index contributed by atoms with van der Waals surface area (Å²) in [6, 6.07) is 7.93. The number of sulfonamides is 1. The average Bonchev–Trinajstić information content (AvgIpc) is 2.37. The lowest BCUT2D eigenvalue weighted by Gasteiger charge is -2.11. The molecule has 0 atom stereocenters. The van der Waals surface area contributed by atoms with Crippen LogP contribution in [0.15, 0.2) is 24.3 Å². The zero-order valence-electron chi connectivity index (χ0n) is 12.6. The average molecular weight is 298 g/mol. The van der Waals surface area contributed by atoms with E-state index in [9.17, 15) is 8.42 Å². The first kappa shape index (κ1) is 17.0. The molecule has 1 aromatic carbocycles. The lowest BCUT2D eigenvalue weighted by atomic mass is 10.1. The van der Waals surface area contributed by atoms with Crippen molar-refractivity contribution in [1.82, 2.24) is 5.32 Å². The van der Waals surface area contributed by atoms with Gasteiger partial charge in [-0.15, -0.1) is 0 Å². The van der Waals surface area contributed by atoms with Gasteiger partial charge in [0.2, 0.25) is 10.0 Å². The Kier molecular flexibility index (Phi) is 7.02. The molecular weight excluding hydrogens is 272 g/mol. The van der Waals surface area contributed by atoms with Crippen LogP contribution in [0.25, 0.3) is 0 Å². The van der Waals surface area contributed by atoms with Crippen molar-refractivity contribution in [2.75, 3.05) is 17.0 Å². The summed E-state index contributed by atoms with van der Waals surface area (Å²) in [5.74, 6) is 0.0861. The number of anilines is 1. The van der Waals surface area contributed by atoms with Gasteiger partial charge in [-0.1, -0.05) is 39.3 Å². The third kappa shape index (κ3) is 6.91. The molecule has 0 aliphatic carbocycles. The number of hydrogen-bond acceptors (Lipinski definition) is 3. The lowest BCUT2D eigenvalue weighted by molar-refractivity contribution is 0.582. The first-order valence-corrected chi connectivity index (χ1v) is 8.91. The molecule has 0 amide bonds. The van der Waals surface area contributed by atoms with E-state index in [1.807, 2.05) is 38.1 Å². The van der Waals surface area contributed by atoms with Gasteiger partial charge in [-0.25, -0.2) is 8.42 Å². The molecule has 0 fully saturated rings. The summed E-state index contributed by atoms with van der Waals surface area (Å²) in [5.41, 5.74) is 1.88. The van der Waals surface area contributed by atoms with E-state index in [0.717, 1.165) is 19.3 Å². The summed E-state index contributed by atoms with van der Waals surface area (Å²) in [4.78, 5) is 0. The molecule has 0 bridgehead atoms. The largest absolute Gasteiger partial charge is 0.313 e. The van der Waals surface area contributed by atoms with Crippen LogP contribution in [0, 0.1) is 0 Å². The van der Waals surface area contributed by atoms with Crippen molar-refractivity contribution in [2.24, 2.45) is 0 Å². The second-order valence-electron chi connectivity index (χ2n) is 5.33. The smallest absolute Gasteiger partial charge is 0.233 e. The summed E-state index contributed by atoms with van der Waals surface area (Å²) >= 11 is 0. The number of hydrogen-bond donors (Lipinski definition) is 2. The first-order valence-electron chi connectivity index (χ1n) is 7.26. The van der Waals surface area contributed by atoms with Crippen LogP contribution in [-0.2, 0) is 16.4 Å². The molecule has 4 nitrogen and oxygen atoms in total. The predicted molar refractivity (Wildman–Crippen MR) is 85.6 cm³/mol. The number of rotatable bonds is 9. The number of unbranched alkanes of at least 4 members (excludes halogenated alkanes) is 1. The molecule has 0 aliphatic heterocycles. The topological polar surface area (TPSA) is 58.2 Å². The van der Waals surface area contributed by atoms with Gasteiger partial charge in [0.15, 0.2) is 0 Å². The Balaban J connectivity index is 2.50. The molecule has 0 heterocycles. The lowest BCUT2D eigenvalue weighted by Crippen LogP contribution is -2.30. The molecular formula is C15H26N2O2S. The van der Waals surface area contributed by atoms with E-state index in [2.05, 4.69) is 17.0 Å². The van der Waals surface area contributed by atoms with Crippen LogP contribution in [-0.4, -0.2) is 26.8 Å². The fourth-order valence-corrected chi connectivity index (χ4v) is 2.82. The molecule has 0 saturated carbocycles. The first-order chi connectivity index (χ1) is 9.43. The normalized spacial score (nSPS) is 11.8. The fraction of sp³-hybridized carbons (Fsp3) is 0.600. The molecule has 0 spiro atoms. The molecule has 5 heteroatoms. The van der Waals surface area contributed by atoms with E-state index in [-0.39, 0.29) is 5.75 Å². The van der Waals surface area contributed by atoms with Gasteiger partial charge >= 0.3 is 0 Å². The minimum absolute atomic E-state index is 0.0861. The number of benzene rings is 1. The maximum atomic E-state index is 11.9. The molecule has 20 heavy (non-hydrogen) atoms. The highest BCUT2D eigenvalue weighted by Crippen LogP contribution is 2.13. The van der Waals surface area contributed by atoms with Gasteiger partial charge < -0.3 is 5.32 Å². The Bertz CT molecular complexity index is 481. The van der Waals surface area contributed by atoms with Gasteiger partial charge in [0, 0.05) is 18.3 Å². The number of nitrogens with one attached hydrogen (secondary N) is 2. The van der Waals surface area contributed by atoms with E-state index in [4.69, 9.17) is 0 Å². The maximum Gasteiger partial charge on any atom is 0.233 e. The van der Waals surface area contributed by atoms with Gasteiger partial charge in [-0.3, -0.25) is 4.72 Å². The van der Waals surface area contributed by atoms with Gasteiger partial charge in [0.1, 0.15) is 0 Å². The van der Waals surface area contributed by atoms with E-state index in [1.54, 1.807) is 0 Å². The highest BCUT2D eigenvalue weighted by Gasteiger charge is 2.10. The minimum atomic E-state index is -3.27. The van der Waals surface area contributed by atoms with Crippen molar-refractivity contribution in [2.45, 2.75) is 46.1 Å². The van der Waals surface area contributed by atoms with Crippen molar-refractivity contribution in [1.29, 1.82) is 0 Å². The molecule has 2 N–H and O–H groups in total. The van der Waals surface area contributed by atoms with Crippen molar-refractivity contribution < 1.29 is 8.42 Å². The van der Waals surface area contributed by atoms with Gasteiger partial charge in [0.25, 0.3) is 0 Å². The van der Waals surface area contributed by atoms with Gasteiger partial charge in [-0.05, 0) is 30.5 Å². The van der Waals surface area contributed by atoms with Crippen molar-refractivity contribution in [3.63, 3.8) is 0 Å². The van der Waals surface area contributed by atoms with E-state index in [0.29, 0.717) is 18.3 Å². The summed E-state index contributed by atoms with van der Waals surface area (Å²) in [6.45, 7) is 6.61. The zero-order chi connectivity index (χ0) is 15.0. The number of aryl methyl sites for hydroxylation is 1. The van der Waals surface area contributed by atoms with Crippen molar-refractivity contribution in [3.8, 4) is 0 Å². The molecule has 114 valence electrons. The van der Waals surface area contributed by atoms with Crippen LogP contribution in [0.4, 0.5) is 5.69 Å². The molecule has 0 radical (unpaired) electrons. The standard InChI is InChI=1S/C15H26N2O2S/c1-4-5-6-14-7-9-15(10-8-14)17-20(18,19)12-11-16-13(2)3/h7-10,13,16-17H,4-6,11-12H2,1-3H3. The second-order valence-corrected chi connectivity index (χ2v) is 7.17. The quantitative estimate of drug-likeness (QED) is 0.737. The van der Waals surface area contributed by atoms with Crippen LogP contribution in [0.2, 0.25) is 0 Å². The summed E-state index contributed by atoms with van der Waals surface area (Å²) < 4.78 is 26.4. The van der Waals surface area contributed by atoms with Crippen LogP contribution >= 0.6 is 0 Å². The highest BCUT2D eigenvalue weighted by atomic mass is 32.2. The maximum absolute atomic E-state index is 11.9.